The number of carbonyl (C=O) groups is 1. The highest BCUT2D eigenvalue weighted by atomic mass is 32.2. The number of hydrogen-bond acceptors (Lipinski definition) is 4. The monoisotopic (exact) mass is 480 g/mol. The standard InChI is InChI=1S/C23H23F3N2O4S/c1-16-14-28(15-17(2)32-16)33(30,31)21-10-8-19(9-11-21)22(29)27-12-4-6-18-5-3-7-20(13-18)23(24,25)26/h3,5,7-11,13,16-17H,12,14-15H2,1-2H3,(H,27,29). The number of sulfonamides is 1. The Labute approximate surface area is 190 Å². The van der Waals surface area contributed by atoms with Crippen molar-refractivity contribution in [3.05, 3.63) is 65.2 Å². The first kappa shape index (κ1) is 24.8. The van der Waals surface area contributed by atoms with Crippen molar-refractivity contribution in [3.63, 3.8) is 0 Å². The van der Waals surface area contributed by atoms with E-state index in [1.165, 1.54) is 40.7 Å². The van der Waals surface area contributed by atoms with Crippen molar-refractivity contribution in [3.8, 4) is 11.8 Å². The maximum absolute atomic E-state index is 12.9. The van der Waals surface area contributed by atoms with Crippen LogP contribution in [0.4, 0.5) is 13.2 Å². The highest BCUT2D eigenvalue weighted by molar-refractivity contribution is 7.89. The Balaban J connectivity index is 1.61. The summed E-state index contributed by atoms with van der Waals surface area (Å²) in [5.74, 6) is 4.70. The molecule has 0 aromatic heterocycles. The third-order valence-electron chi connectivity index (χ3n) is 4.90. The SMILES string of the molecule is CC1CN(S(=O)(=O)c2ccc(C(=O)NCC#Cc3cccc(C(F)(F)F)c3)cc2)CC(C)O1. The van der Waals surface area contributed by atoms with Crippen molar-refractivity contribution >= 4 is 15.9 Å². The summed E-state index contributed by atoms with van der Waals surface area (Å²) in [7, 11) is -3.72. The molecule has 1 aliphatic rings. The Kier molecular flexibility index (Phi) is 7.47. The molecule has 1 heterocycles. The van der Waals surface area contributed by atoms with Crippen molar-refractivity contribution in [2.45, 2.75) is 37.1 Å². The number of alkyl halides is 3. The Bertz CT molecular complexity index is 1160. The molecular formula is C23H23F3N2O4S. The Hall–Kier alpha value is -2.87. The number of halogens is 3. The summed E-state index contributed by atoms with van der Waals surface area (Å²) in [6.07, 6.45) is -4.89. The number of ether oxygens (including phenoxy) is 1. The second-order valence-electron chi connectivity index (χ2n) is 7.67. The molecule has 3 rings (SSSR count). The minimum atomic E-state index is -4.45. The summed E-state index contributed by atoms with van der Waals surface area (Å²) in [5.41, 5.74) is -0.381. The van der Waals surface area contributed by atoms with Crippen LogP contribution in [0.5, 0.6) is 0 Å². The predicted octanol–water partition coefficient (Wildman–Crippen LogP) is 3.28. The molecular weight excluding hydrogens is 457 g/mol. The second-order valence-corrected chi connectivity index (χ2v) is 9.60. The summed E-state index contributed by atoms with van der Waals surface area (Å²) in [6.45, 7) is 4.03. The molecule has 1 N–H and O–H groups in total. The number of hydrogen-bond donors (Lipinski definition) is 1. The van der Waals surface area contributed by atoms with Gasteiger partial charge in [-0.1, -0.05) is 17.9 Å². The van der Waals surface area contributed by atoms with E-state index in [-0.39, 0.29) is 47.9 Å². The van der Waals surface area contributed by atoms with Crippen LogP contribution in [0.15, 0.2) is 53.4 Å². The van der Waals surface area contributed by atoms with E-state index in [0.29, 0.717) is 0 Å². The highest BCUT2D eigenvalue weighted by Gasteiger charge is 2.32. The maximum Gasteiger partial charge on any atom is 0.416 e. The van der Waals surface area contributed by atoms with Gasteiger partial charge in [-0.3, -0.25) is 4.79 Å². The zero-order valence-electron chi connectivity index (χ0n) is 18.0. The van der Waals surface area contributed by atoms with E-state index < -0.39 is 27.7 Å². The van der Waals surface area contributed by atoms with Crippen molar-refractivity contribution in [1.29, 1.82) is 0 Å². The smallest absolute Gasteiger partial charge is 0.373 e. The second kappa shape index (κ2) is 9.95. The summed E-state index contributed by atoms with van der Waals surface area (Å²) < 4.78 is 70.9. The summed E-state index contributed by atoms with van der Waals surface area (Å²) in [5, 5.41) is 2.54. The first-order valence-electron chi connectivity index (χ1n) is 10.2. The molecule has 0 bridgehead atoms. The van der Waals surface area contributed by atoms with Crippen molar-refractivity contribution < 1.29 is 31.1 Å². The van der Waals surface area contributed by atoms with Gasteiger partial charge in [0.05, 0.1) is 29.2 Å². The minimum absolute atomic E-state index is 0.0738. The first-order chi connectivity index (χ1) is 15.5. The Morgan fingerprint density at radius 3 is 2.36 bits per heavy atom. The van der Waals surface area contributed by atoms with Gasteiger partial charge in [-0.25, -0.2) is 8.42 Å². The van der Waals surface area contributed by atoms with Crippen molar-refractivity contribution in [2.75, 3.05) is 19.6 Å². The number of rotatable bonds is 4. The van der Waals surface area contributed by atoms with Gasteiger partial charge in [0.15, 0.2) is 0 Å². The van der Waals surface area contributed by atoms with E-state index in [2.05, 4.69) is 17.2 Å². The third kappa shape index (κ3) is 6.35. The Morgan fingerprint density at radius 1 is 1.12 bits per heavy atom. The normalized spacial score (nSPS) is 19.4. The van der Waals surface area contributed by atoms with Gasteiger partial charge >= 0.3 is 6.18 Å². The molecule has 10 heteroatoms. The van der Waals surface area contributed by atoms with Gasteiger partial charge in [0, 0.05) is 24.2 Å². The van der Waals surface area contributed by atoms with E-state index in [1.807, 2.05) is 13.8 Å². The molecule has 1 aliphatic heterocycles. The maximum atomic E-state index is 12.9. The van der Waals surface area contributed by atoms with Gasteiger partial charge < -0.3 is 10.1 Å². The fourth-order valence-electron chi connectivity index (χ4n) is 3.40. The molecule has 176 valence electrons. The molecule has 1 fully saturated rings. The lowest BCUT2D eigenvalue weighted by Crippen LogP contribution is -2.48. The van der Waals surface area contributed by atoms with E-state index in [0.717, 1.165) is 12.1 Å². The summed E-state index contributed by atoms with van der Waals surface area (Å²) >= 11 is 0. The topological polar surface area (TPSA) is 75.7 Å². The third-order valence-corrected chi connectivity index (χ3v) is 6.75. The van der Waals surface area contributed by atoms with Crippen LogP contribution in [0.2, 0.25) is 0 Å². The van der Waals surface area contributed by atoms with Gasteiger partial charge in [-0.05, 0) is 56.3 Å². The number of amides is 1. The van der Waals surface area contributed by atoms with Gasteiger partial charge in [-0.15, -0.1) is 0 Å². The molecule has 0 aliphatic carbocycles. The number of benzene rings is 2. The van der Waals surface area contributed by atoms with Crippen LogP contribution in [0.25, 0.3) is 0 Å². The lowest BCUT2D eigenvalue weighted by atomic mass is 10.1. The van der Waals surface area contributed by atoms with Gasteiger partial charge in [0.2, 0.25) is 10.0 Å². The van der Waals surface area contributed by atoms with Crippen molar-refractivity contribution in [1.82, 2.24) is 9.62 Å². The van der Waals surface area contributed by atoms with Crippen LogP contribution in [0, 0.1) is 11.8 Å². The zero-order chi connectivity index (χ0) is 24.2. The van der Waals surface area contributed by atoms with E-state index >= 15 is 0 Å². The number of morpholine rings is 1. The predicted molar refractivity (Wildman–Crippen MR) is 116 cm³/mol. The highest BCUT2D eigenvalue weighted by Crippen LogP contribution is 2.29. The fourth-order valence-corrected chi connectivity index (χ4v) is 4.99. The lowest BCUT2D eigenvalue weighted by Gasteiger charge is -2.34. The summed E-state index contributed by atoms with van der Waals surface area (Å²) in [6, 6.07) is 10.1. The molecule has 1 saturated heterocycles. The molecule has 0 radical (unpaired) electrons. The minimum Gasteiger partial charge on any atom is -0.373 e. The molecule has 2 aromatic rings. The van der Waals surface area contributed by atoms with Crippen LogP contribution in [0.3, 0.4) is 0 Å². The van der Waals surface area contributed by atoms with Crippen LogP contribution in [-0.2, 0) is 20.9 Å². The molecule has 33 heavy (non-hydrogen) atoms. The van der Waals surface area contributed by atoms with Crippen LogP contribution in [-0.4, -0.2) is 50.5 Å². The summed E-state index contributed by atoms with van der Waals surface area (Å²) in [4.78, 5) is 12.4. The van der Waals surface area contributed by atoms with Gasteiger partial charge in [0.1, 0.15) is 0 Å². The van der Waals surface area contributed by atoms with Crippen LogP contribution >= 0.6 is 0 Å². The average molecular weight is 481 g/mol. The fraction of sp³-hybridized carbons (Fsp3) is 0.348. The quantitative estimate of drug-likeness (QED) is 0.682. The molecule has 6 nitrogen and oxygen atoms in total. The molecule has 0 saturated carbocycles. The van der Waals surface area contributed by atoms with Gasteiger partial charge in [-0.2, -0.15) is 17.5 Å². The number of nitrogens with zero attached hydrogens (tertiary/aromatic N) is 1. The molecule has 2 aromatic carbocycles. The van der Waals surface area contributed by atoms with E-state index in [9.17, 15) is 26.4 Å². The molecule has 2 unspecified atom stereocenters. The van der Waals surface area contributed by atoms with Gasteiger partial charge in [0.25, 0.3) is 5.91 Å². The Morgan fingerprint density at radius 2 is 1.76 bits per heavy atom. The van der Waals surface area contributed by atoms with Crippen molar-refractivity contribution in [2.24, 2.45) is 0 Å². The molecule has 0 spiro atoms. The first-order valence-corrected chi connectivity index (χ1v) is 11.6. The number of carbonyl (C=O) groups excluding carboxylic acids is 1. The largest absolute Gasteiger partial charge is 0.416 e. The van der Waals surface area contributed by atoms with Crippen LogP contribution < -0.4 is 5.32 Å². The number of nitrogens with one attached hydrogen (secondary N) is 1. The zero-order valence-corrected chi connectivity index (χ0v) is 18.8. The average Bonchev–Trinajstić information content (AvgIpc) is 2.75. The van der Waals surface area contributed by atoms with E-state index in [4.69, 9.17) is 4.74 Å². The molecule has 2 atom stereocenters. The van der Waals surface area contributed by atoms with E-state index in [1.54, 1.807) is 0 Å². The molecule has 1 amide bonds. The lowest BCUT2D eigenvalue weighted by molar-refractivity contribution is -0.137. The van der Waals surface area contributed by atoms with Crippen LogP contribution in [0.1, 0.15) is 35.3 Å².